The van der Waals surface area contributed by atoms with Gasteiger partial charge < -0.3 is 20.1 Å². The normalized spacial score (nSPS) is 26.3. The maximum absolute atomic E-state index is 12.3. The van der Waals surface area contributed by atoms with Crippen LogP contribution in [0, 0.1) is 0 Å². The third kappa shape index (κ3) is 3.16. The molecule has 0 saturated carbocycles. The van der Waals surface area contributed by atoms with Crippen LogP contribution in [0.2, 0.25) is 0 Å². The second-order valence-corrected chi connectivity index (χ2v) is 8.46. The van der Waals surface area contributed by atoms with Crippen LogP contribution in [-0.2, 0) is 14.4 Å². The third-order valence-electron chi connectivity index (χ3n) is 4.52. The highest BCUT2D eigenvalue weighted by atomic mass is 32.2. The van der Waals surface area contributed by atoms with E-state index in [4.69, 9.17) is 4.74 Å². The molecule has 0 spiro atoms. The Bertz CT molecular complexity index is 774. The predicted octanol–water partition coefficient (Wildman–Crippen LogP) is 1.34. The topological polar surface area (TPSA) is 95.9 Å². The Morgan fingerprint density at radius 1 is 1.31 bits per heavy atom. The number of ether oxygens (including phenoxy) is 1. The van der Waals surface area contributed by atoms with Crippen LogP contribution in [0.1, 0.15) is 19.4 Å². The molecule has 0 radical (unpaired) electrons. The molecule has 2 aliphatic heterocycles. The van der Waals surface area contributed by atoms with Crippen molar-refractivity contribution in [1.82, 2.24) is 10.2 Å². The fourth-order valence-corrected chi connectivity index (χ4v) is 4.86. The Hall–Kier alpha value is -2.48. The lowest BCUT2D eigenvalue weighted by atomic mass is 9.96. The molecular formula is C18H20N2O5S. The van der Waals surface area contributed by atoms with Gasteiger partial charge in [-0.2, -0.15) is 0 Å². The molecule has 3 atom stereocenters. The van der Waals surface area contributed by atoms with Gasteiger partial charge in [0, 0.05) is 10.8 Å². The molecule has 2 fully saturated rings. The van der Waals surface area contributed by atoms with E-state index >= 15 is 0 Å². The third-order valence-corrected chi connectivity index (χ3v) is 6.09. The van der Waals surface area contributed by atoms with Crippen molar-refractivity contribution in [3.8, 4) is 5.75 Å². The van der Waals surface area contributed by atoms with E-state index in [1.54, 1.807) is 39.2 Å². The molecule has 8 heteroatoms. The van der Waals surface area contributed by atoms with E-state index in [0.29, 0.717) is 0 Å². The summed E-state index contributed by atoms with van der Waals surface area (Å²) >= 11 is 1.40. The van der Waals surface area contributed by atoms with Gasteiger partial charge in [-0.25, -0.2) is 4.79 Å². The summed E-state index contributed by atoms with van der Waals surface area (Å²) in [5.41, 5.74) is 0.824. The molecule has 0 unspecified atom stereocenters. The standard InChI is InChI=1S/C18H20N2O5S/c1-18(2)14(17(23)24)20-15(22)13(16(20)26-18)19-12(21)9-6-10-4-7-11(25-3)8-5-10/h4-9,13-14,16H,1-3H3,(H,19,21)(H,23,24)/b9-6+/t13-,14+,16-/m1/s1. The van der Waals surface area contributed by atoms with E-state index in [2.05, 4.69) is 5.32 Å². The number of β-lactam (4-membered cyclic amide) rings is 1. The first kappa shape index (κ1) is 18.3. The first-order chi connectivity index (χ1) is 12.2. The maximum atomic E-state index is 12.3. The first-order valence-electron chi connectivity index (χ1n) is 8.10. The number of thioether (sulfide) groups is 1. The van der Waals surface area contributed by atoms with Gasteiger partial charge in [-0.15, -0.1) is 11.8 Å². The molecular weight excluding hydrogens is 356 g/mol. The monoisotopic (exact) mass is 376 g/mol. The van der Waals surface area contributed by atoms with Crippen molar-refractivity contribution in [3.63, 3.8) is 0 Å². The lowest BCUT2D eigenvalue weighted by Crippen LogP contribution is -2.70. The Morgan fingerprint density at radius 3 is 2.54 bits per heavy atom. The van der Waals surface area contributed by atoms with E-state index in [1.165, 1.54) is 22.7 Å². The molecule has 1 aromatic rings. The van der Waals surface area contributed by atoms with E-state index in [-0.39, 0.29) is 11.3 Å². The summed E-state index contributed by atoms with van der Waals surface area (Å²) in [5.74, 6) is -1.05. The average Bonchev–Trinajstić information content (AvgIpc) is 2.86. The first-order valence-corrected chi connectivity index (χ1v) is 8.98. The van der Waals surface area contributed by atoms with Crippen molar-refractivity contribution < 1.29 is 24.2 Å². The van der Waals surface area contributed by atoms with Crippen LogP contribution in [0.25, 0.3) is 6.08 Å². The van der Waals surface area contributed by atoms with Gasteiger partial charge in [0.1, 0.15) is 23.2 Å². The number of carbonyl (C=O) groups is 3. The van der Waals surface area contributed by atoms with Crippen LogP contribution in [0.5, 0.6) is 5.75 Å². The second-order valence-electron chi connectivity index (χ2n) is 6.69. The number of carbonyl (C=O) groups excluding carboxylic acids is 2. The highest BCUT2D eigenvalue weighted by Gasteiger charge is 2.64. The number of hydrogen-bond donors (Lipinski definition) is 2. The molecule has 2 saturated heterocycles. The molecule has 7 nitrogen and oxygen atoms in total. The number of hydrogen-bond acceptors (Lipinski definition) is 5. The van der Waals surface area contributed by atoms with Crippen molar-refractivity contribution >= 4 is 35.6 Å². The number of rotatable bonds is 5. The van der Waals surface area contributed by atoms with E-state index < -0.39 is 28.7 Å². The molecule has 0 aliphatic carbocycles. The van der Waals surface area contributed by atoms with Gasteiger partial charge in [0.05, 0.1) is 7.11 Å². The zero-order valence-electron chi connectivity index (χ0n) is 14.6. The minimum absolute atomic E-state index is 0.350. The molecule has 138 valence electrons. The quantitative estimate of drug-likeness (QED) is 0.595. The number of nitrogens with zero attached hydrogens (tertiary/aromatic N) is 1. The number of nitrogens with one attached hydrogen (secondary N) is 1. The lowest BCUT2D eigenvalue weighted by molar-refractivity contribution is -0.160. The van der Waals surface area contributed by atoms with Gasteiger partial charge in [-0.3, -0.25) is 9.59 Å². The lowest BCUT2D eigenvalue weighted by Gasteiger charge is -2.43. The van der Waals surface area contributed by atoms with Gasteiger partial charge in [0.25, 0.3) is 0 Å². The van der Waals surface area contributed by atoms with Gasteiger partial charge in [0.15, 0.2) is 0 Å². The van der Waals surface area contributed by atoms with E-state index in [9.17, 15) is 19.5 Å². The molecule has 26 heavy (non-hydrogen) atoms. The van der Waals surface area contributed by atoms with Gasteiger partial charge in [0.2, 0.25) is 11.8 Å². The number of amides is 2. The number of benzene rings is 1. The number of fused-ring (bicyclic) bond motifs is 1. The molecule has 2 N–H and O–H groups in total. The van der Waals surface area contributed by atoms with Crippen LogP contribution in [0.4, 0.5) is 0 Å². The summed E-state index contributed by atoms with van der Waals surface area (Å²) in [7, 11) is 1.58. The molecule has 3 rings (SSSR count). The van der Waals surface area contributed by atoms with Crippen molar-refractivity contribution in [3.05, 3.63) is 35.9 Å². The van der Waals surface area contributed by atoms with Gasteiger partial charge in [-0.05, 0) is 37.6 Å². The van der Waals surface area contributed by atoms with Crippen LogP contribution >= 0.6 is 11.8 Å². The summed E-state index contributed by atoms with van der Waals surface area (Å²) in [6.45, 7) is 3.59. The van der Waals surface area contributed by atoms with Crippen LogP contribution in [-0.4, -0.2) is 57.1 Å². The zero-order valence-corrected chi connectivity index (χ0v) is 15.4. The van der Waals surface area contributed by atoms with Crippen molar-refractivity contribution in [1.29, 1.82) is 0 Å². The number of carboxylic acid groups (broad SMARTS) is 1. The molecule has 0 bridgehead atoms. The number of methoxy groups -OCH3 is 1. The predicted molar refractivity (Wildman–Crippen MR) is 97.7 cm³/mol. The molecule has 0 aromatic heterocycles. The second kappa shape index (κ2) is 6.68. The average molecular weight is 376 g/mol. The summed E-state index contributed by atoms with van der Waals surface area (Å²) in [4.78, 5) is 37.3. The fraction of sp³-hybridized carbons (Fsp3) is 0.389. The smallest absolute Gasteiger partial charge is 0.327 e. The van der Waals surface area contributed by atoms with Crippen molar-refractivity contribution in [2.75, 3.05) is 7.11 Å². The SMILES string of the molecule is COc1ccc(/C=C/C(=O)N[C@@H]2C(=O)N3[C@@H]2SC(C)(C)[C@@H]3C(=O)O)cc1. The Kier molecular flexibility index (Phi) is 4.70. The van der Waals surface area contributed by atoms with E-state index in [0.717, 1.165) is 11.3 Å². The highest BCUT2D eigenvalue weighted by Crippen LogP contribution is 2.50. The van der Waals surface area contributed by atoms with Crippen molar-refractivity contribution in [2.45, 2.75) is 36.1 Å². The largest absolute Gasteiger partial charge is 0.497 e. The molecule has 2 aliphatic rings. The van der Waals surface area contributed by atoms with Crippen LogP contribution < -0.4 is 10.1 Å². The summed E-state index contributed by atoms with van der Waals surface area (Å²) < 4.78 is 4.47. The summed E-state index contributed by atoms with van der Waals surface area (Å²) in [5, 5.41) is 11.7. The van der Waals surface area contributed by atoms with Gasteiger partial charge >= 0.3 is 5.97 Å². The van der Waals surface area contributed by atoms with Crippen LogP contribution in [0.15, 0.2) is 30.3 Å². The fourth-order valence-electron chi connectivity index (χ4n) is 3.23. The minimum atomic E-state index is -1.03. The zero-order chi connectivity index (χ0) is 19.1. The Labute approximate surface area is 155 Å². The highest BCUT2D eigenvalue weighted by molar-refractivity contribution is 8.01. The number of carboxylic acids is 1. The molecule has 1 aromatic carbocycles. The van der Waals surface area contributed by atoms with Gasteiger partial charge in [-0.1, -0.05) is 12.1 Å². The minimum Gasteiger partial charge on any atom is -0.497 e. The van der Waals surface area contributed by atoms with E-state index in [1.807, 2.05) is 12.1 Å². The molecule has 2 amide bonds. The van der Waals surface area contributed by atoms with Crippen molar-refractivity contribution in [2.24, 2.45) is 0 Å². The number of aliphatic carboxylic acids is 1. The molecule has 2 heterocycles. The summed E-state index contributed by atoms with van der Waals surface area (Å²) in [6.07, 6.45) is 3.00. The van der Waals surface area contributed by atoms with Crippen LogP contribution in [0.3, 0.4) is 0 Å². The summed E-state index contributed by atoms with van der Waals surface area (Å²) in [6, 6.07) is 5.62. The Morgan fingerprint density at radius 2 is 1.96 bits per heavy atom. The Balaban J connectivity index is 1.63. The maximum Gasteiger partial charge on any atom is 0.327 e.